The van der Waals surface area contributed by atoms with Crippen LogP contribution in [0.2, 0.25) is 0 Å². The zero-order valence-corrected chi connectivity index (χ0v) is 18.4. The molecule has 7 heteroatoms. The van der Waals surface area contributed by atoms with Crippen LogP contribution in [0.5, 0.6) is 0 Å². The van der Waals surface area contributed by atoms with Crippen LogP contribution in [0.4, 0.5) is 0 Å². The molecule has 0 unspecified atom stereocenters. The second-order valence-electron chi connectivity index (χ2n) is 8.33. The number of rotatable bonds is 5. The number of carbonyl (C=O) groups excluding carboxylic acids is 2. The molecule has 2 fully saturated rings. The van der Waals surface area contributed by atoms with Crippen molar-refractivity contribution in [3.05, 3.63) is 23.3 Å². The third-order valence-corrected chi connectivity index (χ3v) is 6.43. The molecule has 1 atom stereocenters. The van der Waals surface area contributed by atoms with Gasteiger partial charge >= 0.3 is 0 Å². The molecule has 3 heterocycles. The van der Waals surface area contributed by atoms with Gasteiger partial charge in [0.05, 0.1) is 17.3 Å². The third kappa shape index (κ3) is 4.77. The quantitative estimate of drug-likeness (QED) is 0.759. The topological polar surface area (TPSA) is 69.6 Å². The molecule has 160 valence electrons. The van der Waals surface area contributed by atoms with Gasteiger partial charge in [-0.1, -0.05) is 0 Å². The Morgan fingerprint density at radius 1 is 1.10 bits per heavy atom. The molecule has 0 bridgehead atoms. The number of hydrogen-bond acceptors (Lipinski definition) is 5. The van der Waals surface area contributed by atoms with E-state index in [1.54, 1.807) is 11.1 Å². The summed E-state index contributed by atoms with van der Waals surface area (Å²) in [4.78, 5) is 41.3. The summed E-state index contributed by atoms with van der Waals surface area (Å²) in [6.07, 6.45) is 6.51. The zero-order valence-electron chi connectivity index (χ0n) is 18.4. The van der Waals surface area contributed by atoms with Gasteiger partial charge in [0.25, 0.3) is 5.91 Å². The molecule has 0 radical (unpaired) electrons. The molecule has 2 amide bonds. The predicted molar refractivity (Wildman–Crippen MR) is 113 cm³/mol. The molecule has 0 aliphatic carbocycles. The average molecular weight is 402 g/mol. The van der Waals surface area contributed by atoms with Crippen molar-refractivity contribution in [2.45, 2.75) is 58.9 Å². The van der Waals surface area contributed by atoms with Crippen molar-refractivity contribution in [1.29, 1.82) is 0 Å². The monoisotopic (exact) mass is 401 g/mol. The van der Waals surface area contributed by atoms with E-state index >= 15 is 0 Å². The first kappa shape index (κ1) is 21.7. The lowest BCUT2D eigenvalue weighted by Crippen LogP contribution is -2.45. The van der Waals surface area contributed by atoms with Crippen molar-refractivity contribution in [2.24, 2.45) is 5.92 Å². The van der Waals surface area contributed by atoms with E-state index in [4.69, 9.17) is 4.98 Å². The van der Waals surface area contributed by atoms with Crippen molar-refractivity contribution in [3.63, 3.8) is 0 Å². The first-order chi connectivity index (χ1) is 14.0. The largest absolute Gasteiger partial charge is 0.339 e. The Morgan fingerprint density at radius 3 is 2.41 bits per heavy atom. The normalized spacial score (nSPS) is 21.2. The van der Waals surface area contributed by atoms with Crippen molar-refractivity contribution in [1.82, 2.24) is 24.7 Å². The Kier molecular flexibility index (Phi) is 7.22. The molecule has 29 heavy (non-hydrogen) atoms. The van der Waals surface area contributed by atoms with Gasteiger partial charge in [-0.3, -0.25) is 9.59 Å². The summed E-state index contributed by atoms with van der Waals surface area (Å²) >= 11 is 0. The highest BCUT2D eigenvalue weighted by molar-refractivity contribution is 5.94. The minimum Gasteiger partial charge on any atom is -0.339 e. The Balaban J connectivity index is 1.79. The van der Waals surface area contributed by atoms with Gasteiger partial charge in [-0.2, -0.15) is 0 Å². The molecule has 0 aromatic carbocycles. The van der Waals surface area contributed by atoms with E-state index in [9.17, 15) is 9.59 Å². The molecule has 2 aliphatic rings. The van der Waals surface area contributed by atoms with Crippen LogP contribution in [0.1, 0.15) is 73.9 Å². The number of nitrogens with zero attached hydrogens (tertiary/aromatic N) is 5. The predicted octanol–water partition coefficient (Wildman–Crippen LogP) is 2.66. The van der Waals surface area contributed by atoms with E-state index in [2.05, 4.69) is 16.9 Å². The molecule has 2 saturated heterocycles. The average Bonchev–Trinajstić information content (AvgIpc) is 2.74. The third-order valence-electron chi connectivity index (χ3n) is 6.43. The van der Waals surface area contributed by atoms with Gasteiger partial charge in [-0.25, -0.2) is 9.97 Å². The van der Waals surface area contributed by atoms with Crippen molar-refractivity contribution in [3.8, 4) is 0 Å². The van der Waals surface area contributed by atoms with Crippen LogP contribution in [0.25, 0.3) is 0 Å². The summed E-state index contributed by atoms with van der Waals surface area (Å²) in [6.45, 7) is 9.88. The van der Waals surface area contributed by atoms with E-state index in [1.807, 2.05) is 25.7 Å². The number of piperidine rings is 2. The van der Waals surface area contributed by atoms with Gasteiger partial charge in [0, 0.05) is 31.7 Å². The second kappa shape index (κ2) is 9.65. The Hall–Kier alpha value is -2.02. The minimum absolute atomic E-state index is 0.0260. The molecule has 0 spiro atoms. The smallest absolute Gasteiger partial charge is 0.257 e. The number of carbonyl (C=O) groups is 2. The van der Waals surface area contributed by atoms with Crippen molar-refractivity contribution < 1.29 is 9.59 Å². The molecule has 1 aromatic rings. The minimum atomic E-state index is -0.0767. The molecule has 1 aromatic heterocycles. The highest BCUT2D eigenvalue weighted by Crippen LogP contribution is 2.32. The van der Waals surface area contributed by atoms with E-state index in [0.29, 0.717) is 30.2 Å². The number of amides is 2. The highest BCUT2D eigenvalue weighted by Gasteiger charge is 2.35. The standard InChI is InChI=1S/C22H35N5O2/c1-5-26(6-2)22(29)18-15-23-20(24-16(18)3)19-9-7-8-12-27(19)21(28)17-10-13-25(4)14-11-17/h15,17,19H,5-14H2,1-4H3/t19-/m1/s1. The van der Waals surface area contributed by atoms with Gasteiger partial charge in [-0.05, 0) is 73.0 Å². The van der Waals surface area contributed by atoms with Crippen LogP contribution < -0.4 is 0 Å². The number of hydrogen-bond donors (Lipinski definition) is 0. The first-order valence-electron chi connectivity index (χ1n) is 11.1. The number of aryl methyl sites for hydroxylation is 1. The van der Waals surface area contributed by atoms with Gasteiger partial charge < -0.3 is 14.7 Å². The summed E-state index contributed by atoms with van der Waals surface area (Å²) in [5, 5.41) is 0. The maximum absolute atomic E-state index is 13.3. The van der Waals surface area contributed by atoms with Crippen LogP contribution in [-0.4, -0.2) is 76.3 Å². The molecular formula is C22H35N5O2. The molecule has 0 N–H and O–H groups in total. The maximum atomic E-state index is 13.3. The SMILES string of the molecule is CCN(CC)C(=O)c1cnc([C@H]2CCCCN2C(=O)C2CCN(C)CC2)nc1C. The molecular weight excluding hydrogens is 366 g/mol. The lowest BCUT2D eigenvalue weighted by Gasteiger charge is -2.39. The maximum Gasteiger partial charge on any atom is 0.257 e. The Morgan fingerprint density at radius 2 is 1.79 bits per heavy atom. The van der Waals surface area contributed by atoms with Crippen LogP contribution in [0.15, 0.2) is 6.20 Å². The summed E-state index contributed by atoms with van der Waals surface area (Å²) < 4.78 is 0. The lowest BCUT2D eigenvalue weighted by atomic mass is 9.92. The molecule has 0 saturated carbocycles. The van der Waals surface area contributed by atoms with Crippen LogP contribution in [0, 0.1) is 12.8 Å². The Bertz CT molecular complexity index is 726. The van der Waals surface area contributed by atoms with Crippen molar-refractivity contribution in [2.75, 3.05) is 39.8 Å². The summed E-state index contributed by atoms with van der Waals surface area (Å²) in [6, 6.07) is -0.0767. The number of likely N-dealkylation sites (tertiary alicyclic amines) is 2. The van der Waals surface area contributed by atoms with Crippen molar-refractivity contribution >= 4 is 11.8 Å². The first-order valence-corrected chi connectivity index (χ1v) is 11.1. The summed E-state index contributed by atoms with van der Waals surface area (Å²) in [7, 11) is 2.11. The van der Waals surface area contributed by atoms with Crippen LogP contribution in [0.3, 0.4) is 0 Å². The fourth-order valence-electron chi connectivity index (χ4n) is 4.49. The van der Waals surface area contributed by atoms with Gasteiger partial charge in [0.1, 0.15) is 0 Å². The van der Waals surface area contributed by atoms with Gasteiger partial charge in [0.2, 0.25) is 5.91 Å². The van der Waals surface area contributed by atoms with Crippen LogP contribution in [-0.2, 0) is 4.79 Å². The molecule has 2 aliphatic heterocycles. The van der Waals surface area contributed by atoms with E-state index in [-0.39, 0.29) is 23.8 Å². The summed E-state index contributed by atoms with van der Waals surface area (Å²) in [5.41, 5.74) is 1.26. The fraction of sp³-hybridized carbons (Fsp3) is 0.727. The molecule has 3 rings (SSSR count). The van der Waals surface area contributed by atoms with E-state index in [0.717, 1.165) is 51.7 Å². The van der Waals surface area contributed by atoms with E-state index in [1.165, 1.54) is 0 Å². The lowest BCUT2D eigenvalue weighted by molar-refractivity contribution is -0.141. The molecule has 7 nitrogen and oxygen atoms in total. The van der Waals surface area contributed by atoms with Gasteiger partial charge in [-0.15, -0.1) is 0 Å². The second-order valence-corrected chi connectivity index (χ2v) is 8.33. The highest BCUT2D eigenvalue weighted by atomic mass is 16.2. The Labute approximate surface area is 174 Å². The summed E-state index contributed by atoms with van der Waals surface area (Å²) in [5.74, 6) is 1.02. The zero-order chi connectivity index (χ0) is 21.0. The fourth-order valence-corrected chi connectivity index (χ4v) is 4.49. The van der Waals surface area contributed by atoms with E-state index < -0.39 is 0 Å². The van der Waals surface area contributed by atoms with Crippen LogP contribution >= 0.6 is 0 Å². The van der Waals surface area contributed by atoms with Gasteiger partial charge in [0.15, 0.2) is 5.82 Å². The number of aromatic nitrogens is 2.